The van der Waals surface area contributed by atoms with Gasteiger partial charge in [-0.2, -0.15) is 11.8 Å². The smallest absolute Gasteiger partial charge is 0.179 e. The first-order valence-electron chi connectivity index (χ1n) is 7.60. The summed E-state index contributed by atoms with van der Waals surface area (Å²) in [5.74, 6) is 1.46. The van der Waals surface area contributed by atoms with Gasteiger partial charge in [0.25, 0.3) is 0 Å². The van der Waals surface area contributed by atoms with E-state index < -0.39 is 0 Å². The van der Waals surface area contributed by atoms with Gasteiger partial charge in [0.15, 0.2) is 11.5 Å². The lowest BCUT2D eigenvalue weighted by Gasteiger charge is -2.28. The molecule has 1 aromatic rings. The third-order valence-corrected chi connectivity index (χ3v) is 5.68. The van der Waals surface area contributed by atoms with Crippen LogP contribution in [0.1, 0.15) is 31.2 Å². The first-order chi connectivity index (χ1) is 10.3. The molecule has 1 aliphatic heterocycles. The molecule has 0 spiro atoms. The summed E-state index contributed by atoms with van der Waals surface area (Å²) in [6, 6.07) is 4.65. The van der Waals surface area contributed by atoms with Gasteiger partial charge in [0, 0.05) is 17.8 Å². The molecule has 5 heteroatoms. The van der Waals surface area contributed by atoms with Crippen molar-refractivity contribution in [1.82, 2.24) is 5.32 Å². The van der Waals surface area contributed by atoms with Gasteiger partial charge in [-0.05, 0) is 49.6 Å². The van der Waals surface area contributed by atoms with E-state index in [1.807, 2.05) is 23.9 Å². The molecular formula is C16H22ClNO2S. The highest BCUT2D eigenvalue weighted by molar-refractivity contribution is 7.99. The number of halogens is 1. The summed E-state index contributed by atoms with van der Waals surface area (Å²) in [7, 11) is 0. The van der Waals surface area contributed by atoms with Crippen LogP contribution in [0.5, 0.6) is 11.5 Å². The molecule has 116 valence electrons. The van der Waals surface area contributed by atoms with Crippen molar-refractivity contribution < 1.29 is 9.47 Å². The number of hydrogen-bond donors (Lipinski definition) is 1. The van der Waals surface area contributed by atoms with Crippen LogP contribution in [-0.4, -0.2) is 30.8 Å². The maximum absolute atomic E-state index is 6.27. The lowest BCUT2D eigenvalue weighted by molar-refractivity contribution is 0.171. The molecule has 0 aromatic heterocycles. The lowest BCUT2D eigenvalue weighted by atomic mass is 9.95. The van der Waals surface area contributed by atoms with Crippen molar-refractivity contribution in [3.05, 3.63) is 22.7 Å². The van der Waals surface area contributed by atoms with Crippen LogP contribution in [0.15, 0.2) is 12.1 Å². The van der Waals surface area contributed by atoms with E-state index in [0.29, 0.717) is 30.0 Å². The number of ether oxygens (including phenoxy) is 2. The number of thioether (sulfide) groups is 1. The Morgan fingerprint density at radius 3 is 2.71 bits per heavy atom. The standard InChI is InChI=1S/C16H22ClNO2S/c1-21-13-4-2-12(3-5-13)18-10-11-8-14(17)16-15(9-11)19-6-7-20-16/h8-9,12-13,18H,2-7,10H2,1H3. The summed E-state index contributed by atoms with van der Waals surface area (Å²) in [4.78, 5) is 0. The Bertz CT molecular complexity index is 489. The SMILES string of the molecule is CSC1CCC(NCc2cc(Cl)c3c(c2)OCCO3)CC1. The zero-order valence-corrected chi connectivity index (χ0v) is 13.9. The fraction of sp³-hybridized carbons (Fsp3) is 0.625. The summed E-state index contributed by atoms with van der Waals surface area (Å²) in [5, 5.41) is 5.15. The van der Waals surface area contributed by atoms with Gasteiger partial charge >= 0.3 is 0 Å². The van der Waals surface area contributed by atoms with Gasteiger partial charge in [0.05, 0.1) is 5.02 Å². The molecule has 0 saturated heterocycles. The minimum atomic E-state index is 0.572. The molecule has 1 heterocycles. The Balaban J connectivity index is 1.57. The van der Waals surface area contributed by atoms with Crippen molar-refractivity contribution in [3.63, 3.8) is 0 Å². The summed E-state index contributed by atoms with van der Waals surface area (Å²) in [6.45, 7) is 2.01. The maximum atomic E-state index is 6.27. The monoisotopic (exact) mass is 327 g/mol. The van der Waals surface area contributed by atoms with E-state index in [9.17, 15) is 0 Å². The molecule has 1 aromatic carbocycles. The van der Waals surface area contributed by atoms with Crippen LogP contribution in [-0.2, 0) is 6.54 Å². The van der Waals surface area contributed by atoms with Gasteiger partial charge in [-0.1, -0.05) is 11.6 Å². The van der Waals surface area contributed by atoms with Crippen LogP contribution < -0.4 is 14.8 Å². The summed E-state index contributed by atoms with van der Waals surface area (Å²) in [5.41, 5.74) is 1.16. The van der Waals surface area contributed by atoms with Gasteiger partial charge in [-0.15, -0.1) is 0 Å². The third-order valence-electron chi connectivity index (χ3n) is 4.26. The van der Waals surface area contributed by atoms with Crippen molar-refractivity contribution in [3.8, 4) is 11.5 Å². The van der Waals surface area contributed by atoms with E-state index in [0.717, 1.165) is 23.1 Å². The average Bonchev–Trinajstić information content (AvgIpc) is 2.53. The van der Waals surface area contributed by atoms with Crippen molar-refractivity contribution in [1.29, 1.82) is 0 Å². The minimum Gasteiger partial charge on any atom is -0.486 e. The fourth-order valence-corrected chi connectivity index (χ4v) is 4.06. The highest BCUT2D eigenvalue weighted by atomic mass is 35.5. The van der Waals surface area contributed by atoms with Crippen molar-refractivity contribution in [2.45, 2.75) is 43.5 Å². The number of rotatable bonds is 4. The average molecular weight is 328 g/mol. The summed E-state index contributed by atoms with van der Waals surface area (Å²) < 4.78 is 11.2. The van der Waals surface area contributed by atoms with Gasteiger partial charge in [0.1, 0.15) is 13.2 Å². The zero-order chi connectivity index (χ0) is 14.7. The zero-order valence-electron chi connectivity index (χ0n) is 12.4. The molecule has 2 aliphatic rings. The molecule has 3 rings (SSSR count). The predicted octanol–water partition coefficient (Wildman–Crippen LogP) is 3.88. The Kier molecular flexibility index (Phi) is 5.19. The van der Waals surface area contributed by atoms with Gasteiger partial charge < -0.3 is 14.8 Å². The van der Waals surface area contributed by atoms with E-state index >= 15 is 0 Å². The number of nitrogens with one attached hydrogen (secondary N) is 1. The molecule has 0 bridgehead atoms. The first-order valence-corrected chi connectivity index (χ1v) is 9.27. The molecule has 0 atom stereocenters. The second-order valence-corrected chi connectivity index (χ2v) is 7.24. The molecule has 0 amide bonds. The van der Waals surface area contributed by atoms with Gasteiger partial charge in [0.2, 0.25) is 0 Å². The third kappa shape index (κ3) is 3.79. The molecule has 1 saturated carbocycles. The second kappa shape index (κ2) is 7.12. The van der Waals surface area contributed by atoms with Crippen LogP contribution >= 0.6 is 23.4 Å². The molecule has 1 N–H and O–H groups in total. The highest BCUT2D eigenvalue weighted by Crippen LogP contribution is 2.38. The van der Waals surface area contributed by atoms with Gasteiger partial charge in [-0.25, -0.2) is 0 Å². The maximum Gasteiger partial charge on any atom is 0.179 e. The van der Waals surface area contributed by atoms with Crippen molar-refractivity contribution in [2.75, 3.05) is 19.5 Å². The highest BCUT2D eigenvalue weighted by Gasteiger charge is 2.21. The number of fused-ring (bicyclic) bond motifs is 1. The normalized spacial score (nSPS) is 24.9. The van der Waals surface area contributed by atoms with Crippen LogP contribution in [0.3, 0.4) is 0 Å². The Labute approximate surface area is 135 Å². The van der Waals surface area contributed by atoms with Crippen LogP contribution in [0.2, 0.25) is 5.02 Å². The Morgan fingerprint density at radius 2 is 1.95 bits per heavy atom. The quantitative estimate of drug-likeness (QED) is 0.909. The largest absolute Gasteiger partial charge is 0.486 e. The molecule has 1 fully saturated rings. The summed E-state index contributed by atoms with van der Waals surface area (Å²) in [6.07, 6.45) is 7.39. The molecule has 3 nitrogen and oxygen atoms in total. The molecular weight excluding hydrogens is 306 g/mol. The second-order valence-electron chi connectivity index (χ2n) is 5.69. The van der Waals surface area contributed by atoms with Crippen LogP contribution in [0.4, 0.5) is 0 Å². The van der Waals surface area contributed by atoms with Crippen molar-refractivity contribution in [2.24, 2.45) is 0 Å². The number of benzene rings is 1. The Hall–Kier alpha value is -0.580. The lowest BCUT2D eigenvalue weighted by Crippen LogP contribution is -2.33. The fourth-order valence-electron chi connectivity index (χ4n) is 3.03. The van der Waals surface area contributed by atoms with Crippen molar-refractivity contribution >= 4 is 23.4 Å². The Morgan fingerprint density at radius 1 is 1.19 bits per heavy atom. The van der Waals surface area contributed by atoms with Crippen LogP contribution in [0, 0.1) is 0 Å². The molecule has 21 heavy (non-hydrogen) atoms. The number of hydrogen-bond acceptors (Lipinski definition) is 4. The molecule has 0 radical (unpaired) electrons. The predicted molar refractivity (Wildman–Crippen MR) is 88.8 cm³/mol. The van der Waals surface area contributed by atoms with Gasteiger partial charge in [-0.3, -0.25) is 0 Å². The van der Waals surface area contributed by atoms with E-state index in [4.69, 9.17) is 21.1 Å². The molecule has 0 unspecified atom stereocenters. The summed E-state index contributed by atoms with van der Waals surface area (Å²) >= 11 is 8.28. The first kappa shape index (κ1) is 15.3. The minimum absolute atomic E-state index is 0.572. The van der Waals surface area contributed by atoms with E-state index in [-0.39, 0.29) is 0 Å². The van der Waals surface area contributed by atoms with Crippen LogP contribution in [0.25, 0.3) is 0 Å². The molecule has 1 aliphatic carbocycles. The van der Waals surface area contributed by atoms with E-state index in [2.05, 4.69) is 11.6 Å². The van der Waals surface area contributed by atoms with E-state index in [1.165, 1.54) is 25.7 Å². The van der Waals surface area contributed by atoms with E-state index in [1.54, 1.807) is 0 Å². The topological polar surface area (TPSA) is 30.5 Å².